The van der Waals surface area contributed by atoms with E-state index in [0.717, 1.165) is 80.5 Å². The molecule has 1 aromatic heterocycles. The van der Waals surface area contributed by atoms with E-state index in [0.29, 0.717) is 23.6 Å². The highest BCUT2D eigenvalue weighted by molar-refractivity contribution is 7.96. The minimum absolute atomic E-state index is 0.133. The third kappa shape index (κ3) is 6.21. The van der Waals surface area contributed by atoms with Gasteiger partial charge in [-0.1, -0.05) is 18.0 Å². The Morgan fingerprint density at radius 2 is 1.87 bits per heavy atom. The molecule has 198 valence electrons. The molecule has 3 aromatic rings. The maximum atomic E-state index is 9.82. The minimum atomic E-state index is 0.133. The van der Waals surface area contributed by atoms with Crippen molar-refractivity contribution in [2.45, 2.75) is 25.4 Å². The van der Waals surface area contributed by atoms with Crippen molar-refractivity contribution in [2.24, 2.45) is 0 Å². The molecule has 5 rings (SSSR count). The molecule has 38 heavy (non-hydrogen) atoms. The third-order valence-corrected chi connectivity index (χ3v) is 7.89. The van der Waals surface area contributed by atoms with Crippen molar-refractivity contribution in [1.29, 1.82) is 5.26 Å². The van der Waals surface area contributed by atoms with Crippen LogP contribution in [0, 0.1) is 11.3 Å². The first-order chi connectivity index (χ1) is 18.7. The van der Waals surface area contributed by atoms with Gasteiger partial charge in [0.15, 0.2) is 0 Å². The molecule has 0 saturated carbocycles. The number of ether oxygens (including phenoxy) is 3. The molecule has 0 aliphatic carbocycles. The van der Waals surface area contributed by atoms with Gasteiger partial charge in [0.1, 0.15) is 29.5 Å². The fourth-order valence-electron chi connectivity index (χ4n) is 4.92. The molecular weight excluding hydrogens is 498 g/mol. The van der Waals surface area contributed by atoms with Crippen molar-refractivity contribution in [3.05, 3.63) is 65.6 Å². The first-order valence-corrected chi connectivity index (χ1v) is 14.2. The Hall–Kier alpha value is -3.32. The van der Waals surface area contributed by atoms with Crippen LogP contribution in [0.15, 0.2) is 48.7 Å². The number of nitriles is 1. The average Bonchev–Trinajstić information content (AvgIpc) is 2.98. The lowest BCUT2D eigenvalue weighted by molar-refractivity contribution is 0.122. The molecule has 3 heterocycles. The maximum absolute atomic E-state index is 9.82. The van der Waals surface area contributed by atoms with E-state index in [1.54, 1.807) is 25.3 Å². The second-order valence-corrected chi connectivity index (χ2v) is 10.3. The van der Waals surface area contributed by atoms with Crippen LogP contribution in [-0.2, 0) is 11.2 Å². The normalized spacial score (nSPS) is 16.7. The topological polar surface area (TPSA) is 83.7 Å². The number of hydrogen-bond acceptors (Lipinski definition) is 9. The summed E-state index contributed by atoms with van der Waals surface area (Å²) in [4.78, 5) is 11.6. The zero-order valence-electron chi connectivity index (χ0n) is 21.9. The minimum Gasteiger partial charge on any atom is -0.495 e. The van der Waals surface area contributed by atoms with Crippen LogP contribution in [0.1, 0.15) is 29.8 Å². The Labute approximate surface area is 228 Å². The van der Waals surface area contributed by atoms with Crippen molar-refractivity contribution in [2.75, 3.05) is 57.7 Å². The van der Waals surface area contributed by atoms with Gasteiger partial charge in [-0.2, -0.15) is 5.26 Å². The fourth-order valence-corrected chi connectivity index (χ4v) is 5.49. The van der Waals surface area contributed by atoms with Crippen LogP contribution >= 0.6 is 11.9 Å². The second-order valence-electron chi connectivity index (χ2n) is 9.39. The van der Waals surface area contributed by atoms with E-state index < -0.39 is 0 Å². The molecular formula is C29H33N5O3S. The van der Waals surface area contributed by atoms with E-state index in [-0.39, 0.29) is 6.10 Å². The number of aromatic nitrogens is 2. The van der Waals surface area contributed by atoms with Crippen molar-refractivity contribution < 1.29 is 14.2 Å². The quantitative estimate of drug-likeness (QED) is 0.388. The standard InChI is InChI=1S/C29H33N5O3S/c1-35-28-17-21(3-5-26(28)33-13-15-36-16-14-33)18-29-31-10-7-25(32-29)22-4-6-27(23(19-22)20-30)37-24-8-11-34(38-2)12-9-24/h3-7,10,17,19,24H,8-9,11-16,18H2,1-2H3. The Morgan fingerprint density at radius 1 is 1.05 bits per heavy atom. The maximum Gasteiger partial charge on any atom is 0.142 e. The van der Waals surface area contributed by atoms with E-state index in [1.807, 2.05) is 24.3 Å². The number of anilines is 1. The van der Waals surface area contributed by atoms with Gasteiger partial charge in [-0.25, -0.2) is 9.97 Å². The predicted molar refractivity (Wildman–Crippen MR) is 150 cm³/mol. The summed E-state index contributed by atoms with van der Waals surface area (Å²) in [7, 11) is 1.70. The van der Waals surface area contributed by atoms with Crippen LogP contribution in [0.2, 0.25) is 0 Å². The van der Waals surface area contributed by atoms with Gasteiger partial charge in [-0.05, 0) is 61.1 Å². The molecule has 2 saturated heterocycles. The van der Waals surface area contributed by atoms with Gasteiger partial charge in [-0.3, -0.25) is 4.31 Å². The summed E-state index contributed by atoms with van der Waals surface area (Å²) < 4.78 is 19.8. The number of hydrogen-bond donors (Lipinski definition) is 0. The van der Waals surface area contributed by atoms with Gasteiger partial charge in [0, 0.05) is 44.4 Å². The molecule has 9 heteroatoms. The number of piperidine rings is 1. The highest BCUT2D eigenvalue weighted by Crippen LogP contribution is 2.31. The van der Waals surface area contributed by atoms with Crippen molar-refractivity contribution in [3.8, 4) is 28.8 Å². The zero-order chi connectivity index (χ0) is 26.3. The average molecular weight is 532 g/mol. The van der Waals surface area contributed by atoms with Crippen LogP contribution in [0.3, 0.4) is 0 Å². The van der Waals surface area contributed by atoms with Gasteiger partial charge in [0.05, 0.1) is 37.3 Å². The SMILES string of the molecule is COc1cc(Cc2nccc(-c3ccc(OC4CCN(SC)CC4)c(C#N)c3)n2)ccc1N1CCOCC1. The largest absolute Gasteiger partial charge is 0.495 e. The highest BCUT2D eigenvalue weighted by Gasteiger charge is 2.21. The summed E-state index contributed by atoms with van der Waals surface area (Å²) in [5.41, 5.74) is 4.33. The van der Waals surface area contributed by atoms with E-state index >= 15 is 0 Å². The molecule has 2 aliphatic heterocycles. The second kappa shape index (κ2) is 12.5. The Kier molecular flexibility index (Phi) is 8.64. The van der Waals surface area contributed by atoms with Gasteiger partial charge in [0.2, 0.25) is 0 Å². The van der Waals surface area contributed by atoms with Crippen LogP contribution in [0.5, 0.6) is 11.5 Å². The predicted octanol–water partition coefficient (Wildman–Crippen LogP) is 4.57. The molecule has 2 aromatic carbocycles. The lowest BCUT2D eigenvalue weighted by Gasteiger charge is -2.30. The lowest BCUT2D eigenvalue weighted by Crippen LogP contribution is -2.36. The number of benzene rings is 2. The Balaban J connectivity index is 1.30. The van der Waals surface area contributed by atoms with Gasteiger partial charge in [-0.15, -0.1) is 0 Å². The first-order valence-electron chi connectivity index (χ1n) is 13.0. The molecule has 0 radical (unpaired) electrons. The molecule has 2 aliphatic rings. The summed E-state index contributed by atoms with van der Waals surface area (Å²) >= 11 is 1.77. The Bertz CT molecular complexity index is 1280. The number of morpholine rings is 1. The van der Waals surface area contributed by atoms with E-state index in [9.17, 15) is 5.26 Å². The summed E-state index contributed by atoms with van der Waals surface area (Å²) in [6.45, 7) is 5.15. The van der Waals surface area contributed by atoms with Gasteiger partial charge in [0.25, 0.3) is 0 Å². The fraction of sp³-hybridized carbons (Fsp3) is 0.414. The molecule has 0 atom stereocenters. The molecule has 8 nitrogen and oxygen atoms in total. The van der Waals surface area contributed by atoms with Crippen molar-refractivity contribution in [3.63, 3.8) is 0 Å². The summed E-state index contributed by atoms with van der Waals surface area (Å²) in [5, 5.41) is 9.82. The van der Waals surface area contributed by atoms with E-state index in [2.05, 4.69) is 44.7 Å². The van der Waals surface area contributed by atoms with Crippen LogP contribution in [-0.4, -0.2) is 73.1 Å². The Morgan fingerprint density at radius 3 is 2.61 bits per heavy atom. The third-order valence-electron chi connectivity index (χ3n) is 7.01. The van der Waals surface area contributed by atoms with E-state index in [1.165, 1.54) is 0 Å². The number of rotatable bonds is 8. The summed E-state index contributed by atoms with van der Waals surface area (Å²) in [6, 6.07) is 16.2. The van der Waals surface area contributed by atoms with E-state index in [4.69, 9.17) is 19.2 Å². The van der Waals surface area contributed by atoms with Crippen molar-refractivity contribution in [1.82, 2.24) is 14.3 Å². The number of methoxy groups -OCH3 is 1. The lowest BCUT2D eigenvalue weighted by atomic mass is 10.1. The van der Waals surface area contributed by atoms with Gasteiger partial charge >= 0.3 is 0 Å². The number of nitrogens with zero attached hydrogens (tertiary/aromatic N) is 5. The zero-order valence-corrected chi connectivity index (χ0v) is 22.7. The summed E-state index contributed by atoms with van der Waals surface area (Å²) in [6.07, 6.45) is 6.50. The van der Waals surface area contributed by atoms with Crippen LogP contribution in [0.4, 0.5) is 5.69 Å². The first kappa shape index (κ1) is 26.3. The highest BCUT2D eigenvalue weighted by atomic mass is 32.2. The van der Waals surface area contributed by atoms with Crippen LogP contribution in [0.25, 0.3) is 11.3 Å². The summed E-state index contributed by atoms with van der Waals surface area (Å²) in [5.74, 6) is 2.19. The molecule has 0 spiro atoms. The smallest absolute Gasteiger partial charge is 0.142 e. The molecule has 2 fully saturated rings. The molecule has 0 bridgehead atoms. The van der Waals surface area contributed by atoms with Crippen LogP contribution < -0.4 is 14.4 Å². The van der Waals surface area contributed by atoms with Crippen molar-refractivity contribution >= 4 is 17.6 Å². The monoisotopic (exact) mass is 531 g/mol. The molecule has 0 amide bonds. The molecule has 0 unspecified atom stereocenters. The van der Waals surface area contributed by atoms with Gasteiger partial charge < -0.3 is 19.1 Å². The molecule has 0 N–H and O–H groups in total.